The van der Waals surface area contributed by atoms with Crippen LogP contribution in [0.3, 0.4) is 0 Å². The third kappa shape index (κ3) is 4.68. The Labute approximate surface area is 147 Å². The molecular formula is C17H25FN6O. The number of rotatable bonds is 6. The molecule has 0 atom stereocenters. The predicted molar refractivity (Wildman–Crippen MR) is 95.0 cm³/mol. The van der Waals surface area contributed by atoms with Crippen LogP contribution in [0.5, 0.6) is 5.75 Å². The number of aryl methyl sites for hydroxylation is 1. The van der Waals surface area contributed by atoms with Crippen molar-refractivity contribution in [2.75, 3.05) is 20.7 Å². The summed E-state index contributed by atoms with van der Waals surface area (Å²) >= 11 is 0. The molecule has 0 saturated heterocycles. The molecule has 136 valence electrons. The van der Waals surface area contributed by atoms with Crippen molar-refractivity contribution in [1.29, 1.82) is 0 Å². The first kappa shape index (κ1) is 18.7. The standard InChI is InChI=1S/C17H25FN6O/c1-6-19-17(20-10-16-22-21-12(2)24(16)4)23(3)11-13-7-8-15(25-5)14(18)9-13/h7-9H,6,10-11H2,1-5H3,(H,19,20). The van der Waals surface area contributed by atoms with E-state index in [1.807, 2.05) is 43.5 Å². The lowest BCUT2D eigenvalue weighted by Crippen LogP contribution is -2.38. The van der Waals surface area contributed by atoms with Gasteiger partial charge in [-0.2, -0.15) is 0 Å². The second-order valence-electron chi connectivity index (χ2n) is 5.72. The maximum atomic E-state index is 13.9. The highest BCUT2D eigenvalue weighted by Gasteiger charge is 2.10. The highest BCUT2D eigenvalue weighted by atomic mass is 19.1. The number of benzene rings is 1. The van der Waals surface area contributed by atoms with E-state index in [1.165, 1.54) is 13.2 Å². The van der Waals surface area contributed by atoms with Crippen molar-refractivity contribution >= 4 is 5.96 Å². The summed E-state index contributed by atoms with van der Waals surface area (Å²) in [6, 6.07) is 4.95. The van der Waals surface area contributed by atoms with Gasteiger partial charge in [0, 0.05) is 27.2 Å². The minimum atomic E-state index is -0.370. The second-order valence-corrected chi connectivity index (χ2v) is 5.72. The van der Waals surface area contributed by atoms with Crippen LogP contribution in [0.25, 0.3) is 0 Å². The van der Waals surface area contributed by atoms with E-state index in [0.29, 0.717) is 13.1 Å². The molecule has 7 nitrogen and oxygen atoms in total. The van der Waals surface area contributed by atoms with E-state index in [1.54, 1.807) is 6.07 Å². The minimum absolute atomic E-state index is 0.240. The van der Waals surface area contributed by atoms with Gasteiger partial charge in [-0.15, -0.1) is 10.2 Å². The maximum absolute atomic E-state index is 13.9. The van der Waals surface area contributed by atoms with Crippen LogP contribution < -0.4 is 10.1 Å². The van der Waals surface area contributed by atoms with E-state index in [9.17, 15) is 4.39 Å². The SMILES string of the molecule is CCNC(=NCc1nnc(C)n1C)N(C)Cc1ccc(OC)c(F)c1. The van der Waals surface area contributed by atoms with E-state index in [0.717, 1.165) is 29.7 Å². The Kier molecular flexibility index (Phi) is 6.32. The molecule has 0 fully saturated rings. The molecule has 0 radical (unpaired) electrons. The first-order valence-electron chi connectivity index (χ1n) is 8.13. The number of hydrogen-bond donors (Lipinski definition) is 1. The van der Waals surface area contributed by atoms with Gasteiger partial charge in [-0.1, -0.05) is 6.07 Å². The van der Waals surface area contributed by atoms with Gasteiger partial charge in [-0.25, -0.2) is 9.38 Å². The zero-order valence-electron chi connectivity index (χ0n) is 15.4. The first-order valence-corrected chi connectivity index (χ1v) is 8.13. The van der Waals surface area contributed by atoms with Gasteiger partial charge in [0.05, 0.1) is 7.11 Å². The largest absolute Gasteiger partial charge is 0.494 e. The van der Waals surface area contributed by atoms with Crippen LogP contribution in [0.1, 0.15) is 24.1 Å². The van der Waals surface area contributed by atoms with Crippen molar-refractivity contribution in [2.45, 2.75) is 26.9 Å². The van der Waals surface area contributed by atoms with Gasteiger partial charge in [-0.05, 0) is 31.5 Å². The van der Waals surface area contributed by atoms with Crippen molar-refractivity contribution in [3.05, 3.63) is 41.2 Å². The van der Waals surface area contributed by atoms with Crippen LogP contribution in [0.4, 0.5) is 4.39 Å². The Morgan fingerprint density at radius 2 is 2.16 bits per heavy atom. The van der Waals surface area contributed by atoms with Crippen LogP contribution in [-0.4, -0.2) is 46.3 Å². The summed E-state index contributed by atoms with van der Waals surface area (Å²) in [5.41, 5.74) is 0.834. The molecule has 1 aromatic heterocycles. The Morgan fingerprint density at radius 1 is 1.40 bits per heavy atom. The smallest absolute Gasteiger partial charge is 0.194 e. The summed E-state index contributed by atoms with van der Waals surface area (Å²) in [7, 11) is 5.27. The normalized spacial score (nSPS) is 11.5. The summed E-state index contributed by atoms with van der Waals surface area (Å²) in [5, 5.41) is 11.4. The topological polar surface area (TPSA) is 67.6 Å². The Morgan fingerprint density at radius 3 is 2.72 bits per heavy atom. The minimum Gasteiger partial charge on any atom is -0.494 e. The lowest BCUT2D eigenvalue weighted by molar-refractivity contribution is 0.385. The highest BCUT2D eigenvalue weighted by Crippen LogP contribution is 2.18. The number of aromatic nitrogens is 3. The molecule has 1 N–H and O–H groups in total. The quantitative estimate of drug-likeness (QED) is 0.638. The molecule has 0 aliphatic carbocycles. The Bertz CT molecular complexity index is 743. The van der Waals surface area contributed by atoms with Crippen molar-refractivity contribution in [3.8, 4) is 5.75 Å². The number of guanidine groups is 1. The van der Waals surface area contributed by atoms with Gasteiger partial charge >= 0.3 is 0 Å². The molecule has 0 aliphatic rings. The van der Waals surface area contributed by atoms with Crippen LogP contribution in [0.2, 0.25) is 0 Å². The third-order valence-corrected chi connectivity index (χ3v) is 3.89. The number of ether oxygens (including phenoxy) is 1. The van der Waals surface area contributed by atoms with Crippen molar-refractivity contribution in [1.82, 2.24) is 25.0 Å². The Hall–Kier alpha value is -2.64. The number of nitrogens with zero attached hydrogens (tertiary/aromatic N) is 5. The number of nitrogens with one attached hydrogen (secondary N) is 1. The molecule has 1 aromatic carbocycles. The predicted octanol–water partition coefficient (Wildman–Crippen LogP) is 1.87. The zero-order chi connectivity index (χ0) is 18.4. The molecule has 1 heterocycles. The van der Waals surface area contributed by atoms with Crippen molar-refractivity contribution in [2.24, 2.45) is 12.0 Å². The lowest BCUT2D eigenvalue weighted by Gasteiger charge is -2.22. The van der Waals surface area contributed by atoms with Crippen LogP contribution in [0, 0.1) is 12.7 Å². The molecular weight excluding hydrogens is 323 g/mol. The van der Waals surface area contributed by atoms with Gasteiger partial charge in [0.2, 0.25) is 0 Å². The van der Waals surface area contributed by atoms with Crippen molar-refractivity contribution in [3.63, 3.8) is 0 Å². The third-order valence-electron chi connectivity index (χ3n) is 3.89. The summed E-state index contributed by atoms with van der Waals surface area (Å²) in [5.74, 6) is 2.22. The van der Waals surface area contributed by atoms with Gasteiger partial charge < -0.3 is 19.5 Å². The van der Waals surface area contributed by atoms with E-state index in [-0.39, 0.29) is 11.6 Å². The monoisotopic (exact) mass is 348 g/mol. The summed E-state index contributed by atoms with van der Waals surface area (Å²) in [6.07, 6.45) is 0. The van der Waals surface area contributed by atoms with Crippen molar-refractivity contribution < 1.29 is 9.13 Å². The molecule has 25 heavy (non-hydrogen) atoms. The molecule has 0 saturated carbocycles. The molecule has 2 aromatic rings. The molecule has 0 bridgehead atoms. The molecule has 8 heteroatoms. The van der Waals surface area contributed by atoms with Gasteiger partial charge in [0.25, 0.3) is 0 Å². The van der Waals surface area contributed by atoms with E-state index >= 15 is 0 Å². The fourth-order valence-corrected chi connectivity index (χ4v) is 2.36. The number of halogens is 1. The fourth-order valence-electron chi connectivity index (χ4n) is 2.36. The summed E-state index contributed by atoms with van der Waals surface area (Å²) in [6.45, 7) is 5.57. The molecule has 0 amide bonds. The lowest BCUT2D eigenvalue weighted by atomic mass is 10.2. The zero-order valence-corrected chi connectivity index (χ0v) is 15.4. The second kappa shape index (κ2) is 8.46. The number of methoxy groups -OCH3 is 1. The maximum Gasteiger partial charge on any atom is 0.194 e. The molecule has 0 aliphatic heterocycles. The highest BCUT2D eigenvalue weighted by molar-refractivity contribution is 5.79. The summed E-state index contributed by atoms with van der Waals surface area (Å²) < 4.78 is 20.7. The Balaban J connectivity index is 2.11. The van der Waals surface area contributed by atoms with Crippen LogP contribution in [0.15, 0.2) is 23.2 Å². The first-order chi connectivity index (χ1) is 12.0. The van der Waals surface area contributed by atoms with Crippen LogP contribution >= 0.6 is 0 Å². The van der Waals surface area contributed by atoms with E-state index in [2.05, 4.69) is 20.5 Å². The van der Waals surface area contributed by atoms with Gasteiger partial charge in [-0.3, -0.25) is 0 Å². The average Bonchev–Trinajstić information content (AvgIpc) is 2.90. The molecule has 0 spiro atoms. The fraction of sp³-hybridized carbons (Fsp3) is 0.471. The van der Waals surface area contributed by atoms with Gasteiger partial charge in [0.1, 0.15) is 12.4 Å². The number of hydrogen-bond acceptors (Lipinski definition) is 4. The molecule has 2 rings (SSSR count). The van der Waals surface area contributed by atoms with Gasteiger partial charge in [0.15, 0.2) is 23.4 Å². The van der Waals surface area contributed by atoms with E-state index < -0.39 is 0 Å². The van der Waals surface area contributed by atoms with E-state index in [4.69, 9.17) is 4.74 Å². The number of aliphatic imine (C=N–C) groups is 1. The molecule has 0 unspecified atom stereocenters. The van der Waals surface area contributed by atoms with Crippen LogP contribution in [-0.2, 0) is 20.1 Å². The summed E-state index contributed by atoms with van der Waals surface area (Å²) in [4.78, 5) is 6.54. The average molecular weight is 348 g/mol.